The van der Waals surface area contributed by atoms with Gasteiger partial charge in [-0.2, -0.15) is 5.10 Å². The fourth-order valence-electron chi connectivity index (χ4n) is 2.60. The van der Waals surface area contributed by atoms with E-state index in [-0.39, 0.29) is 5.92 Å². The monoisotopic (exact) mass is 289 g/mol. The first-order chi connectivity index (χ1) is 9.66. The Morgan fingerprint density at radius 1 is 1.45 bits per heavy atom. The predicted octanol–water partition coefficient (Wildman–Crippen LogP) is 2.68. The van der Waals surface area contributed by atoms with Gasteiger partial charge in [0.1, 0.15) is 5.82 Å². The summed E-state index contributed by atoms with van der Waals surface area (Å²) in [6.45, 7) is 0. The molecular formula is C14H15N3O2S. The minimum absolute atomic E-state index is 0.108. The number of hydrogen-bond acceptors (Lipinski definition) is 4. The second-order valence-corrected chi connectivity index (χ2v) is 5.84. The highest BCUT2D eigenvalue weighted by molar-refractivity contribution is 7.13. The van der Waals surface area contributed by atoms with Crippen molar-refractivity contribution < 1.29 is 9.90 Å². The Morgan fingerprint density at radius 3 is 2.95 bits per heavy atom. The maximum Gasteiger partial charge on any atom is 0.307 e. The molecule has 0 amide bonds. The highest BCUT2D eigenvalue weighted by Crippen LogP contribution is 2.34. The van der Waals surface area contributed by atoms with Gasteiger partial charge in [0, 0.05) is 13.0 Å². The van der Waals surface area contributed by atoms with Gasteiger partial charge in [-0.25, -0.2) is 4.98 Å². The number of aromatic nitrogens is 3. The van der Waals surface area contributed by atoms with Crippen LogP contribution in [0.4, 0.5) is 0 Å². The van der Waals surface area contributed by atoms with Gasteiger partial charge in [0.15, 0.2) is 5.82 Å². The van der Waals surface area contributed by atoms with E-state index in [4.69, 9.17) is 0 Å². The van der Waals surface area contributed by atoms with Crippen LogP contribution < -0.4 is 0 Å². The summed E-state index contributed by atoms with van der Waals surface area (Å²) in [6, 6.07) is 3.93. The van der Waals surface area contributed by atoms with Crippen LogP contribution in [0, 0.1) is 5.92 Å². The van der Waals surface area contributed by atoms with Crippen molar-refractivity contribution >= 4 is 17.3 Å². The lowest BCUT2D eigenvalue weighted by Crippen LogP contribution is -2.25. The molecule has 2 heterocycles. The van der Waals surface area contributed by atoms with Crippen LogP contribution in [0.5, 0.6) is 0 Å². The molecule has 104 valence electrons. The molecule has 2 aromatic heterocycles. The van der Waals surface area contributed by atoms with Crippen molar-refractivity contribution in [1.29, 1.82) is 0 Å². The number of aryl methyl sites for hydroxylation is 1. The number of allylic oxidation sites excluding steroid dienone is 2. The Balaban J connectivity index is 1.97. The zero-order valence-corrected chi connectivity index (χ0v) is 11.9. The molecule has 6 heteroatoms. The van der Waals surface area contributed by atoms with Crippen LogP contribution in [-0.4, -0.2) is 25.8 Å². The van der Waals surface area contributed by atoms with E-state index < -0.39 is 11.9 Å². The molecule has 0 bridgehead atoms. The topological polar surface area (TPSA) is 68.0 Å². The molecule has 3 rings (SSSR count). The molecule has 0 saturated heterocycles. The normalized spacial score (nSPS) is 22.1. The summed E-state index contributed by atoms with van der Waals surface area (Å²) < 4.78 is 1.72. The minimum atomic E-state index is -0.764. The van der Waals surface area contributed by atoms with E-state index in [9.17, 15) is 9.90 Å². The third-order valence-corrected chi connectivity index (χ3v) is 4.49. The molecule has 20 heavy (non-hydrogen) atoms. The van der Waals surface area contributed by atoms with E-state index in [1.54, 1.807) is 16.0 Å². The molecule has 1 aliphatic carbocycles. The van der Waals surface area contributed by atoms with Crippen molar-refractivity contribution in [3.63, 3.8) is 0 Å². The number of aliphatic carboxylic acids is 1. The molecule has 0 fully saturated rings. The standard InChI is InChI=1S/C14H15N3O2S/c1-17-13(9-5-2-3-6-10(9)14(18)19)15-12(16-17)11-7-4-8-20-11/h2-4,7-10H,5-6H2,1H3,(H,18,19)/t9-,10+/m1/s1. The number of thiophene rings is 1. The number of carboxylic acid groups (broad SMARTS) is 1. The van der Waals surface area contributed by atoms with Gasteiger partial charge in [-0.15, -0.1) is 11.3 Å². The van der Waals surface area contributed by atoms with E-state index in [1.165, 1.54) is 0 Å². The van der Waals surface area contributed by atoms with Gasteiger partial charge >= 0.3 is 5.97 Å². The number of nitrogens with zero attached hydrogens (tertiary/aromatic N) is 3. The molecule has 0 saturated carbocycles. The van der Waals surface area contributed by atoms with E-state index in [0.29, 0.717) is 18.7 Å². The molecule has 2 aromatic rings. The highest BCUT2D eigenvalue weighted by Gasteiger charge is 2.33. The predicted molar refractivity (Wildman–Crippen MR) is 76.6 cm³/mol. The zero-order valence-electron chi connectivity index (χ0n) is 11.1. The largest absolute Gasteiger partial charge is 0.481 e. The molecule has 0 radical (unpaired) electrons. The van der Waals surface area contributed by atoms with Gasteiger partial charge in [-0.3, -0.25) is 9.48 Å². The lowest BCUT2D eigenvalue weighted by molar-refractivity contribution is -0.142. The summed E-state index contributed by atoms with van der Waals surface area (Å²) in [5, 5.41) is 15.8. The maximum atomic E-state index is 11.4. The molecule has 1 aliphatic rings. The summed E-state index contributed by atoms with van der Waals surface area (Å²) in [5.41, 5.74) is 0. The average molecular weight is 289 g/mol. The fourth-order valence-corrected chi connectivity index (χ4v) is 3.25. The second-order valence-electron chi connectivity index (χ2n) is 4.89. The Bertz CT molecular complexity index is 645. The van der Waals surface area contributed by atoms with E-state index in [1.807, 2.05) is 36.7 Å². The summed E-state index contributed by atoms with van der Waals surface area (Å²) >= 11 is 1.58. The highest BCUT2D eigenvalue weighted by atomic mass is 32.1. The molecule has 5 nitrogen and oxygen atoms in total. The number of rotatable bonds is 3. The minimum Gasteiger partial charge on any atom is -0.481 e. The van der Waals surface area contributed by atoms with Crippen molar-refractivity contribution in [1.82, 2.24) is 14.8 Å². The van der Waals surface area contributed by atoms with Gasteiger partial charge < -0.3 is 5.11 Å². The van der Waals surface area contributed by atoms with Crippen LogP contribution in [0.25, 0.3) is 10.7 Å². The number of hydrogen-bond donors (Lipinski definition) is 1. The Morgan fingerprint density at radius 2 is 2.25 bits per heavy atom. The van der Waals surface area contributed by atoms with Gasteiger partial charge in [-0.05, 0) is 24.3 Å². The molecular weight excluding hydrogens is 274 g/mol. The molecule has 0 aromatic carbocycles. The molecule has 2 atom stereocenters. The summed E-state index contributed by atoms with van der Waals surface area (Å²) in [4.78, 5) is 17.0. The molecule has 0 spiro atoms. The SMILES string of the molecule is Cn1nc(-c2cccs2)nc1[C@@H]1CC=CC[C@@H]1C(=O)O. The van der Waals surface area contributed by atoms with Crippen LogP contribution in [0.3, 0.4) is 0 Å². The molecule has 0 aliphatic heterocycles. The van der Waals surface area contributed by atoms with Gasteiger partial charge in [0.2, 0.25) is 0 Å². The summed E-state index contributed by atoms with van der Waals surface area (Å²) in [6.07, 6.45) is 5.23. The average Bonchev–Trinajstić information content (AvgIpc) is 3.07. The Kier molecular flexibility index (Phi) is 3.40. The third kappa shape index (κ3) is 2.27. The fraction of sp³-hybridized carbons (Fsp3) is 0.357. The second kappa shape index (κ2) is 5.20. The van der Waals surface area contributed by atoms with Crippen LogP contribution in [-0.2, 0) is 11.8 Å². The van der Waals surface area contributed by atoms with Crippen molar-refractivity contribution in [2.24, 2.45) is 13.0 Å². The number of carbonyl (C=O) groups is 1. The maximum absolute atomic E-state index is 11.4. The van der Waals surface area contributed by atoms with Gasteiger partial charge in [0.25, 0.3) is 0 Å². The van der Waals surface area contributed by atoms with Crippen LogP contribution >= 0.6 is 11.3 Å². The smallest absolute Gasteiger partial charge is 0.307 e. The van der Waals surface area contributed by atoms with Crippen molar-refractivity contribution in [3.05, 3.63) is 35.5 Å². The summed E-state index contributed by atoms with van der Waals surface area (Å²) in [7, 11) is 1.83. The molecule has 0 unspecified atom stereocenters. The van der Waals surface area contributed by atoms with Crippen LogP contribution in [0.15, 0.2) is 29.7 Å². The van der Waals surface area contributed by atoms with Gasteiger partial charge in [0.05, 0.1) is 10.8 Å². The van der Waals surface area contributed by atoms with Crippen LogP contribution in [0.2, 0.25) is 0 Å². The first kappa shape index (κ1) is 13.1. The first-order valence-corrected chi connectivity index (χ1v) is 7.37. The lowest BCUT2D eigenvalue weighted by Gasteiger charge is -2.23. The Labute approximate surface area is 120 Å². The number of carboxylic acids is 1. The van der Waals surface area contributed by atoms with Crippen molar-refractivity contribution in [2.45, 2.75) is 18.8 Å². The van der Waals surface area contributed by atoms with Crippen molar-refractivity contribution in [2.75, 3.05) is 0 Å². The zero-order chi connectivity index (χ0) is 14.1. The third-order valence-electron chi connectivity index (χ3n) is 3.62. The lowest BCUT2D eigenvalue weighted by atomic mass is 9.82. The Hall–Kier alpha value is -1.95. The van der Waals surface area contributed by atoms with E-state index in [0.717, 1.165) is 10.7 Å². The van der Waals surface area contributed by atoms with Crippen molar-refractivity contribution in [3.8, 4) is 10.7 Å². The van der Waals surface area contributed by atoms with E-state index in [2.05, 4.69) is 10.1 Å². The molecule has 1 N–H and O–H groups in total. The van der Waals surface area contributed by atoms with Crippen LogP contribution in [0.1, 0.15) is 24.6 Å². The first-order valence-electron chi connectivity index (χ1n) is 6.49. The summed E-state index contributed by atoms with van der Waals surface area (Å²) in [5.74, 6) is 0.143. The van der Waals surface area contributed by atoms with E-state index >= 15 is 0 Å². The van der Waals surface area contributed by atoms with Gasteiger partial charge in [-0.1, -0.05) is 18.2 Å². The quantitative estimate of drug-likeness (QED) is 0.882.